The van der Waals surface area contributed by atoms with E-state index in [1.165, 1.54) is 40.4 Å². The first-order valence-corrected chi connectivity index (χ1v) is 10.2. The van der Waals surface area contributed by atoms with Gasteiger partial charge in [-0.15, -0.1) is 11.3 Å². The Hall–Kier alpha value is -2.17. The van der Waals surface area contributed by atoms with Gasteiger partial charge in [0.15, 0.2) is 0 Å². The first kappa shape index (κ1) is 16.0. The highest BCUT2D eigenvalue weighted by atomic mass is 32.1. The van der Waals surface area contributed by atoms with E-state index in [2.05, 4.69) is 47.4 Å². The molecule has 132 valence electrons. The SMILES string of the molecule is CN1C2C=C(c3c[nH]c4ccc(CC(=N)c5cccs5)cc34)CC1CC2. The van der Waals surface area contributed by atoms with Crippen LogP contribution in [-0.4, -0.2) is 34.7 Å². The smallest absolute Gasteiger partial charge is 0.0529 e. The maximum absolute atomic E-state index is 8.37. The molecule has 2 N–H and O–H groups in total. The number of hydrogen-bond donors (Lipinski definition) is 2. The predicted octanol–water partition coefficient (Wildman–Crippen LogP) is 5.09. The van der Waals surface area contributed by atoms with Crippen molar-refractivity contribution in [2.24, 2.45) is 0 Å². The monoisotopic (exact) mass is 361 g/mol. The van der Waals surface area contributed by atoms with E-state index in [1.807, 2.05) is 17.5 Å². The molecule has 5 rings (SSSR count). The number of likely N-dealkylation sites (N-methyl/N-ethyl adjacent to an activating group) is 1. The largest absolute Gasteiger partial charge is 0.361 e. The number of benzene rings is 1. The summed E-state index contributed by atoms with van der Waals surface area (Å²) >= 11 is 1.64. The van der Waals surface area contributed by atoms with Gasteiger partial charge in [-0.1, -0.05) is 18.2 Å². The third kappa shape index (κ3) is 2.65. The summed E-state index contributed by atoms with van der Waals surface area (Å²) in [6.45, 7) is 0. The Morgan fingerprint density at radius 3 is 3.04 bits per heavy atom. The number of nitrogens with zero attached hydrogens (tertiary/aromatic N) is 1. The van der Waals surface area contributed by atoms with Gasteiger partial charge in [0, 0.05) is 46.0 Å². The van der Waals surface area contributed by atoms with E-state index in [0.717, 1.165) is 11.3 Å². The molecule has 3 nitrogen and oxygen atoms in total. The summed E-state index contributed by atoms with van der Waals surface area (Å²) < 4.78 is 0. The zero-order valence-electron chi connectivity index (χ0n) is 15.0. The molecule has 1 saturated heterocycles. The maximum atomic E-state index is 8.37. The molecule has 26 heavy (non-hydrogen) atoms. The topological polar surface area (TPSA) is 42.9 Å². The zero-order chi connectivity index (χ0) is 17.7. The third-order valence-electron chi connectivity index (χ3n) is 6.04. The van der Waals surface area contributed by atoms with Crippen LogP contribution in [-0.2, 0) is 6.42 Å². The van der Waals surface area contributed by atoms with E-state index in [4.69, 9.17) is 5.41 Å². The van der Waals surface area contributed by atoms with Gasteiger partial charge < -0.3 is 10.4 Å². The molecule has 0 saturated carbocycles. The summed E-state index contributed by atoms with van der Waals surface area (Å²) in [6.07, 6.45) is 9.09. The molecule has 0 spiro atoms. The summed E-state index contributed by atoms with van der Waals surface area (Å²) in [6, 6.07) is 11.9. The summed E-state index contributed by atoms with van der Waals surface area (Å²) in [7, 11) is 2.26. The molecule has 0 radical (unpaired) electrons. The van der Waals surface area contributed by atoms with Gasteiger partial charge in [0.2, 0.25) is 0 Å². The number of H-pyrrole nitrogens is 1. The van der Waals surface area contributed by atoms with E-state index in [1.54, 1.807) is 11.3 Å². The Kier molecular flexibility index (Phi) is 3.84. The second-order valence-corrected chi connectivity index (χ2v) is 8.52. The molecule has 4 heteroatoms. The second-order valence-electron chi connectivity index (χ2n) is 7.57. The van der Waals surface area contributed by atoms with Gasteiger partial charge in [-0.05, 0) is 61.0 Å². The lowest BCUT2D eigenvalue weighted by Gasteiger charge is -2.30. The molecule has 2 atom stereocenters. The Morgan fingerprint density at radius 2 is 2.23 bits per heavy atom. The average molecular weight is 362 g/mol. The van der Waals surface area contributed by atoms with Crippen molar-refractivity contribution in [3.8, 4) is 0 Å². The first-order valence-electron chi connectivity index (χ1n) is 9.33. The maximum Gasteiger partial charge on any atom is 0.0529 e. The van der Waals surface area contributed by atoms with Crippen molar-refractivity contribution in [2.75, 3.05) is 7.05 Å². The van der Waals surface area contributed by atoms with Crippen molar-refractivity contribution in [1.82, 2.24) is 9.88 Å². The van der Waals surface area contributed by atoms with Crippen LogP contribution in [0.15, 0.2) is 48.0 Å². The van der Waals surface area contributed by atoms with Crippen molar-refractivity contribution in [2.45, 2.75) is 37.8 Å². The lowest BCUT2D eigenvalue weighted by molar-refractivity contribution is 0.264. The van der Waals surface area contributed by atoms with Crippen LogP contribution in [0.1, 0.15) is 35.3 Å². The van der Waals surface area contributed by atoms with Crippen LogP contribution in [0, 0.1) is 5.41 Å². The van der Waals surface area contributed by atoms with Crippen molar-refractivity contribution in [3.05, 3.63) is 64.0 Å². The fraction of sp³-hybridized carbons (Fsp3) is 0.318. The molecule has 2 aliphatic heterocycles. The molecular formula is C22H23N3S. The molecule has 2 bridgehead atoms. The van der Waals surface area contributed by atoms with Crippen LogP contribution in [0.2, 0.25) is 0 Å². The van der Waals surface area contributed by atoms with Gasteiger partial charge in [-0.2, -0.15) is 0 Å². The van der Waals surface area contributed by atoms with Crippen molar-refractivity contribution < 1.29 is 0 Å². The van der Waals surface area contributed by atoms with E-state index in [0.29, 0.717) is 24.2 Å². The number of rotatable bonds is 4. The van der Waals surface area contributed by atoms with Gasteiger partial charge in [0.25, 0.3) is 0 Å². The standard InChI is InChI=1S/C22H23N3S/c1-25-16-5-6-17(25)12-15(11-16)19-13-24-21-7-4-14(9-18(19)21)10-20(23)22-3-2-8-26-22/h2-4,7-9,11,13,16-17,23-24H,5-6,10,12H2,1H3. The number of nitrogens with one attached hydrogen (secondary N) is 2. The molecular weight excluding hydrogens is 338 g/mol. The molecule has 2 aliphatic rings. The van der Waals surface area contributed by atoms with Crippen LogP contribution < -0.4 is 0 Å². The first-order chi connectivity index (χ1) is 12.7. The van der Waals surface area contributed by atoms with Crippen molar-refractivity contribution in [1.29, 1.82) is 5.41 Å². The Bertz CT molecular complexity index is 996. The normalized spacial score (nSPS) is 22.7. The van der Waals surface area contributed by atoms with E-state index < -0.39 is 0 Å². The summed E-state index contributed by atoms with van der Waals surface area (Å²) in [4.78, 5) is 7.05. The van der Waals surface area contributed by atoms with Gasteiger partial charge >= 0.3 is 0 Å². The van der Waals surface area contributed by atoms with Crippen molar-refractivity contribution >= 4 is 33.5 Å². The fourth-order valence-electron chi connectivity index (χ4n) is 4.53. The van der Waals surface area contributed by atoms with E-state index in [-0.39, 0.29) is 0 Å². The molecule has 0 amide bonds. The van der Waals surface area contributed by atoms with Crippen molar-refractivity contribution in [3.63, 3.8) is 0 Å². The Labute approximate surface area is 157 Å². The van der Waals surface area contributed by atoms with Crippen LogP contribution in [0.3, 0.4) is 0 Å². The molecule has 1 aromatic carbocycles. The third-order valence-corrected chi connectivity index (χ3v) is 6.97. The van der Waals surface area contributed by atoms with Crippen LogP contribution in [0.5, 0.6) is 0 Å². The Balaban J connectivity index is 1.48. The highest BCUT2D eigenvalue weighted by molar-refractivity contribution is 7.12. The van der Waals surface area contributed by atoms with E-state index in [9.17, 15) is 0 Å². The predicted molar refractivity (Wildman–Crippen MR) is 110 cm³/mol. The minimum Gasteiger partial charge on any atom is -0.361 e. The molecule has 2 unspecified atom stereocenters. The summed E-state index contributed by atoms with van der Waals surface area (Å²) in [5.41, 5.74) is 5.96. The summed E-state index contributed by atoms with van der Waals surface area (Å²) in [5.74, 6) is 0. The molecule has 1 fully saturated rings. The van der Waals surface area contributed by atoms with Gasteiger partial charge in [0.05, 0.1) is 5.71 Å². The Morgan fingerprint density at radius 1 is 1.31 bits per heavy atom. The highest BCUT2D eigenvalue weighted by Gasteiger charge is 2.34. The molecule has 4 heterocycles. The summed E-state index contributed by atoms with van der Waals surface area (Å²) in [5, 5.41) is 11.7. The minimum atomic E-state index is 0.601. The van der Waals surface area contributed by atoms with Crippen LogP contribution >= 0.6 is 11.3 Å². The minimum absolute atomic E-state index is 0.601. The van der Waals surface area contributed by atoms with Gasteiger partial charge in [-0.25, -0.2) is 0 Å². The van der Waals surface area contributed by atoms with Crippen LogP contribution in [0.25, 0.3) is 16.5 Å². The number of hydrogen-bond acceptors (Lipinski definition) is 3. The van der Waals surface area contributed by atoms with Crippen LogP contribution in [0.4, 0.5) is 0 Å². The fourth-order valence-corrected chi connectivity index (χ4v) is 5.20. The lowest BCUT2D eigenvalue weighted by atomic mass is 9.94. The molecule has 2 aromatic heterocycles. The van der Waals surface area contributed by atoms with Gasteiger partial charge in [0.1, 0.15) is 0 Å². The second kappa shape index (κ2) is 6.22. The highest BCUT2D eigenvalue weighted by Crippen LogP contribution is 2.39. The number of aromatic amines is 1. The van der Waals surface area contributed by atoms with Gasteiger partial charge in [-0.3, -0.25) is 4.90 Å². The lowest BCUT2D eigenvalue weighted by Crippen LogP contribution is -2.34. The molecule has 0 aliphatic carbocycles. The quantitative estimate of drug-likeness (QED) is 0.625. The average Bonchev–Trinajstić information content (AvgIpc) is 3.34. The zero-order valence-corrected chi connectivity index (χ0v) is 15.8. The van der Waals surface area contributed by atoms with E-state index >= 15 is 0 Å². The molecule has 3 aromatic rings. The number of thiophene rings is 1. The number of fused-ring (bicyclic) bond motifs is 3. The number of aromatic nitrogens is 1.